The first-order chi connectivity index (χ1) is 7.15. The highest BCUT2D eigenvalue weighted by Gasteiger charge is 2.29. The van der Waals surface area contributed by atoms with Crippen molar-refractivity contribution in [3.63, 3.8) is 0 Å². The third kappa shape index (κ3) is 3.49. The highest BCUT2D eigenvalue weighted by atomic mass is 16.5. The number of nitrogens with two attached hydrogens (primary N) is 1. The van der Waals surface area contributed by atoms with Crippen LogP contribution in [0.15, 0.2) is 0 Å². The summed E-state index contributed by atoms with van der Waals surface area (Å²) in [5, 5.41) is 2.65. The number of methoxy groups -OCH3 is 1. The molecule has 0 radical (unpaired) electrons. The van der Waals surface area contributed by atoms with Crippen LogP contribution in [0.4, 0.5) is 0 Å². The van der Waals surface area contributed by atoms with E-state index in [4.69, 9.17) is 10.5 Å². The number of nitrogens with one attached hydrogen (secondary N) is 1. The van der Waals surface area contributed by atoms with Crippen molar-refractivity contribution in [3.8, 4) is 0 Å². The van der Waals surface area contributed by atoms with Crippen LogP contribution in [0.3, 0.4) is 0 Å². The number of likely N-dealkylation sites (tertiary alicyclic amines) is 1. The maximum absolute atomic E-state index is 11.4. The molecule has 1 aliphatic rings. The second-order valence-corrected chi connectivity index (χ2v) is 3.50. The molecule has 15 heavy (non-hydrogen) atoms. The number of carbonyl (C=O) groups is 2. The molecule has 0 aliphatic carbocycles. The van der Waals surface area contributed by atoms with Gasteiger partial charge in [-0.05, 0) is 6.42 Å². The van der Waals surface area contributed by atoms with Gasteiger partial charge in [-0.3, -0.25) is 9.59 Å². The smallest absolute Gasteiger partial charge is 0.240 e. The lowest BCUT2D eigenvalue weighted by Crippen LogP contribution is -2.41. The van der Waals surface area contributed by atoms with Crippen molar-refractivity contribution in [3.05, 3.63) is 0 Å². The summed E-state index contributed by atoms with van der Waals surface area (Å²) in [6.07, 6.45) is 0.629. The zero-order chi connectivity index (χ0) is 11.3. The highest BCUT2D eigenvalue weighted by molar-refractivity contribution is 5.88. The number of ether oxygens (including phenoxy) is 1. The third-order valence-corrected chi connectivity index (χ3v) is 2.30. The van der Waals surface area contributed by atoms with E-state index in [2.05, 4.69) is 5.32 Å². The van der Waals surface area contributed by atoms with Gasteiger partial charge in [0, 0.05) is 20.2 Å². The molecule has 1 rings (SSSR count). The predicted octanol–water partition coefficient (Wildman–Crippen LogP) is -1.69. The Balaban J connectivity index is 2.23. The second kappa shape index (κ2) is 5.67. The molecule has 0 saturated carbocycles. The first-order valence-electron chi connectivity index (χ1n) is 4.95. The molecule has 1 unspecified atom stereocenters. The Morgan fingerprint density at radius 2 is 2.47 bits per heavy atom. The maximum Gasteiger partial charge on any atom is 0.240 e. The number of hydrogen-bond acceptors (Lipinski definition) is 4. The molecule has 6 nitrogen and oxygen atoms in total. The Morgan fingerprint density at radius 3 is 3.00 bits per heavy atom. The fraction of sp³-hybridized carbons (Fsp3) is 0.778. The molecular formula is C9H17N3O3. The number of hydrogen-bond donors (Lipinski definition) is 2. The fourth-order valence-electron chi connectivity index (χ4n) is 1.44. The Bertz CT molecular complexity index is 245. The summed E-state index contributed by atoms with van der Waals surface area (Å²) < 4.78 is 4.79. The summed E-state index contributed by atoms with van der Waals surface area (Å²) in [6, 6.07) is -0.434. The maximum atomic E-state index is 11.4. The molecule has 0 bridgehead atoms. The van der Waals surface area contributed by atoms with E-state index >= 15 is 0 Å². The van der Waals surface area contributed by atoms with Crippen LogP contribution in [0.5, 0.6) is 0 Å². The Kier molecular flexibility index (Phi) is 4.51. The monoisotopic (exact) mass is 215 g/mol. The van der Waals surface area contributed by atoms with Gasteiger partial charge < -0.3 is 20.7 Å². The van der Waals surface area contributed by atoms with Crippen LogP contribution in [0.1, 0.15) is 6.42 Å². The van der Waals surface area contributed by atoms with Crippen LogP contribution in [-0.2, 0) is 14.3 Å². The van der Waals surface area contributed by atoms with Crippen LogP contribution in [0, 0.1) is 0 Å². The molecule has 0 aromatic carbocycles. The lowest BCUT2D eigenvalue weighted by atomic mass is 10.3. The normalized spacial score (nSPS) is 20.8. The van der Waals surface area contributed by atoms with E-state index in [-0.39, 0.29) is 18.4 Å². The summed E-state index contributed by atoms with van der Waals surface area (Å²) in [6.45, 7) is 1.59. The summed E-state index contributed by atoms with van der Waals surface area (Å²) in [5.74, 6) is -0.314. The number of rotatable bonds is 5. The largest absolute Gasteiger partial charge is 0.383 e. The molecule has 3 N–H and O–H groups in total. The standard InChI is InChI=1S/C9H17N3O3/c1-15-5-3-11-8(13)6-12-4-2-7(10)9(12)14/h7H,2-6,10H2,1H3,(H,11,13). The predicted molar refractivity (Wildman–Crippen MR) is 54.1 cm³/mol. The minimum Gasteiger partial charge on any atom is -0.383 e. The minimum absolute atomic E-state index is 0.0935. The molecule has 0 aromatic rings. The Morgan fingerprint density at radius 1 is 1.73 bits per heavy atom. The third-order valence-electron chi connectivity index (χ3n) is 2.30. The topological polar surface area (TPSA) is 84.7 Å². The average molecular weight is 215 g/mol. The lowest BCUT2D eigenvalue weighted by molar-refractivity contribution is -0.133. The molecule has 2 amide bonds. The Hall–Kier alpha value is -1.14. The van der Waals surface area contributed by atoms with Gasteiger partial charge in [0.1, 0.15) is 0 Å². The first-order valence-corrected chi connectivity index (χ1v) is 4.95. The second-order valence-electron chi connectivity index (χ2n) is 3.50. The molecule has 1 saturated heterocycles. The van der Waals surface area contributed by atoms with Crippen molar-refractivity contribution in [1.29, 1.82) is 0 Å². The lowest BCUT2D eigenvalue weighted by Gasteiger charge is -2.15. The summed E-state index contributed by atoms with van der Waals surface area (Å²) in [7, 11) is 1.56. The van der Waals surface area contributed by atoms with Crippen molar-refractivity contribution < 1.29 is 14.3 Å². The van der Waals surface area contributed by atoms with E-state index in [0.717, 1.165) is 0 Å². The summed E-state index contributed by atoms with van der Waals surface area (Å²) >= 11 is 0. The zero-order valence-corrected chi connectivity index (χ0v) is 8.86. The summed E-state index contributed by atoms with van der Waals surface area (Å²) in [4.78, 5) is 24.2. The summed E-state index contributed by atoms with van der Waals surface area (Å²) in [5.41, 5.74) is 5.52. The molecule has 0 aromatic heterocycles. The van der Waals surface area contributed by atoms with E-state index in [0.29, 0.717) is 26.1 Å². The molecule has 86 valence electrons. The van der Waals surface area contributed by atoms with Crippen LogP contribution in [-0.4, -0.2) is 56.1 Å². The highest BCUT2D eigenvalue weighted by Crippen LogP contribution is 2.07. The van der Waals surface area contributed by atoms with Crippen LogP contribution >= 0.6 is 0 Å². The van der Waals surface area contributed by atoms with Gasteiger partial charge in [0.2, 0.25) is 11.8 Å². The molecule has 1 aliphatic heterocycles. The van der Waals surface area contributed by atoms with Crippen LogP contribution < -0.4 is 11.1 Å². The number of amides is 2. The van der Waals surface area contributed by atoms with Gasteiger partial charge in [0.15, 0.2) is 0 Å². The van der Waals surface area contributed by atoms with Crippen molar-refractivity contribution in [1.82, 2.24) is 10.2 Å². The number of nitrogens with zero attached hydrogens (tertiary/aromatic N) is 1. The first kappa shape index (κ1) is 11.9. The van der Waals surface area contributed by atoms with Gasteiger partial charge in [-0.2, -0.15) is 0 Å². The van der Waals surface area contributed by atoms with Crippen molar-refractivity contribution in [2.75, 3.05) is 33.4 Å². The van der Waals surface area contributed by atoms with Gasteiger partial charge in [-0.25, -0.2) is 0 Å². The van der Waals surface area contributed by atoms with Crippen molar-refractivity contribution in [2.24, 2.45) is 5.73 Å². The van der Waals surface area contributed by atoms with Gasteiger partial charge in [0.25, 0.3) is 0 Å². The molecule has 6 heteroatoms. The average Bonchev–Trinajstić information content (AvgIpc) is 2.50. The molecular weight excluding hydrogens is 198 g/mol. The SMILES string of the molecule is COCCNC(=O)CN1CCC(N)C1=O. The van der Waals surface area contributed by atoms with Gasteiger partial charge in [0.05, 0.1) is 19.2 Å². The van der Waals surface area contributed by atoms with Gasteiger partial charge >= 0.3 is 0 Å². The van der Waals surface area contributed by atoms with Crippen molar-refractivity contribution >= 4 is 11.8 Å². The molecule has 1 fully saturated rings. The molecule has 1 atom stereocenters. The van der Waals surface area contributed by atoms with Gasteiger partial charge in [-0.15, -0.1) is 0 Å². The number of carbonyl (C=O) groups excluding carboxylic acids is 2. The Labute approximate surface area is 88.7 Å². The van der Waals surface area contributed by atoms with E-state index in [1.165, 1.54) is 4.90 Å². The van der Waals surface area contributed by atoms with E-state index in [9.17, 15) is 9.59 Å². The van der Waals surface area contributed by atoms with Crippen LogP contribution in [0.25, 0.3) is 0 Å². The van der Waals surface area contributed by atoms with E-state index in [1.54, 1.807) is 7.11 Å². The molecule has 0 spiro atoms. The van der Waals surface area contributed by atoms with Gasteiger partial charge in [-0.1, -0.05) is 0 Å². The van der Waals surface area contributed by atoms with Crippen LogP contribution in [0.2, 0.25) is 0 Å². The zero-order valence-electron chi connectivity index (χ0n) is 8.86. The van der Waals surface area contributed by atoms with E-state index in [1.807, 2.05) is 0 Å². The van der Waals surface area contributed by atoms with E-state index < -0.39 is 6.04 Å². The quantitative estimate of drug-likeness (QED) is 0.536. The fourth-order valence-corrected chi connectivity index (χ4v) is 1.44. The minimum atomic E-state index is -0.434. The van der Waals surface area contributed by atoms with Crippen molar-refractivity contribution in [2.45, 2.75) is 12.5 Å². The molecule has 1 heterocycles.